The Bertz CT molecular complexity index is 698. The van der Waals surface area contributed by atoms with E-state index in [-0.39, 0.29) is 5.82 Å². The topological polar surface area (TPSA) is 17.8 Å². The molecule has 0 amide bonds. The highest BCUT2D eigenvalue weighted by Gasteiger charge is 2.08. The maximum Gasteiger partial charge on any atom is 0.123 e. The molecule has 0 saturated heterocycles. The van der Waals surface area contributed by atoms with Gasteiger partial charge in [-0.05, 0) is 29.8 Å². The molecule has 2 nitrogen and oxygen atoms in total. The molecule has 3 rings (SSSR count). The average Bonchev–Trinajstić information content (AvgIpc) is 2.79. The molecule has 0 bridgehead atoms. The first kappa shape index (κ1) is 11.9. The number of benzene rings is 2. The number of hydrogen-bond acceptors (Lipinski definition) is 1. The highest BCUT2D eigenvalue weighted by molar-refractivity contribution is 5.76. The van der Waals surface area contributed by atoms with E-state index in [0.717, 1.165) is 35.4 Å². The molecule has 96 valence electrons. The van der Waals surface area contributed by atoms with Crippen molar-refractivity contribution in [2.45, 2.75) is 19.9 Å². The van der Waals surface area contributed by atoms with Gasteiger partial charge in [-0.3, -0.25) is 0 Å². The highest BCUT2D eigenvalue weighted by Crippen LogP contribution is 2.18. The second-order valence-electron chi connectivity index (χ2n) is 4.58. The minimum Gasteiger partial charge on any atom is -0.323 e. The lowest BCUT2D eigenvalue weighted by atomic mass is 10.2. The van der Waals surface area contributed by atoms with Gasteiger partial charge in [0, 0.05) is 13.0 Å². The molecule has 3 aromatic rings. The third kappa shape index (κ3) is 2.24. The fourth-order valence-electron chi connectivity index (χ4n) is 2.34. The van der Waals surface area contributed by atoms with Crippen molar-refractivity contribution in [2.75, 3.05) is 0 Å². The molecule has 0 radical (unpaired) electrons. The number of halogens is 1. The number of aromatic nitrogens is 2. The molecule has 0 N–H and O–H groups in total. The summed E-state index contributed by atoms with van der Waals surface area (Å²) in [5, 5.41) is 0. The van der Waals surface area contributed by atoms with Crippen molar-refractivity contribution in [3.63, 3.8) is 0 Å². The fourth-order valence-corrected chi connectivity index (χ4v) is 2.34. The zero-order chi connectivity index (χ0) is 13.2. The first-order valence-corrected chi connectivity index (χ1v) is 6.46. The lowest BCUT2D eigenvalue weighted by molar-refractivity contribution is 0.626. The van der Waals surface area contributed by atoms with Crippen molar-refractivity contribution < 1.29 is 4.39 Å². The minimum atomic E-state index is -0.199. The summed E-state index contributed by atoms with van der Waals surface area (Å²) in [6, 6.07) is 14.8. The summed E-state index contributed by atoms with van der Waals surface area (Å²) in [5.41, 5.74) is 3.23. The minimum absolute atomic E-state index is 0.199. The van der Waals surface area contributed by atoms with Crippen LogP contribution in [0.2, 0.25) is 0 Å². The van der Waals surface area contributed by atoms with Crippen LogP contribution in [0.5, 0.6) is 0 Å². The predicted octanol–water partition coefficient (Wildman–Crippen LogP) is 3.79. The van der Waals surface area contributed by atoms with E-state index in [4.69, 9.17) is 0 Å². The molecule has 1 heterocycles. The van der Waals surface area contributed by atoms with Crippen LogP contribution in [-0.2, 0) is 13.0 Å². The number of hydrogen-bond donors (Lipinski definition) is 0. The summed E-state index contributed by atoms with van der Waals surface area (Å²) in [6.45, 7) is 2.83. The molecule has 19 heavy (non-hydrogen) atoms. The maximum atomic E-state index is 12.9. The van der Waals surface area contributed by atoms with E-state index in [9.17, 15) is 4.39 Å². The highest BCUT2D eigenvalue weighted by atomic mass is 19.1. The number of aryl methyl sites for hydroxylation is 1. The first-order valence-electron chi connectivity index (χ1n) is 6.46. The van der Waals surface area contributed by atoms with Crippen molar-refractivity contribution >= 4 is 11.0 Å². The van der Waals surface area contributed by atoms with Gasteiger partial charge in [0.2, 0.25) is 0 Å². The predicted molar refractivity (Wildman–Crippen MR) is 74.6 cm³/mol. The number of fused-ring (bicyclic) bond motifs is 1. The van der Waals surface area contributed by atoms with Crippen molar-refractivity contribution in [3.05, 3.63) is 65.7 Å². The van der Waals surface area contributed by atoms with Crippen molar-refractivity contribution in [3.8, 4) is 0 Å². The van der Waals surface area contributed by atoms with Crippen molar-refractivity contribution in [1.82, 2.24) is 9.55 Å². The summed E-state index contributed by atoms with van der Waals surface area (Å²) in [6.07, 6.45) is 0.885. The molecule has 0 aliphatic rings. The zero-order valence-corrected chi connectivity index (χ0v) is 10.8. The Morgan fingerprint density at radius 3 is 2.53 bits per heavy atom. The lowest BCUT2D eigenvalue weighted by Gasteiger charge is -2.08. The van der Waals surface area contributed by atoms with Crippen molar-refractivity contribution in [2.24, 2.45) is 0 Å². The summed E-state index contributed by atoms with van der Waals surface area (Å²) in [5.74, 6) is 0.862. The van der Waals surface area contributed by atoms with Gasteiger partial charge in [-0.25, -0.2) is 9.37 Å². The fraction of sp³-hybridized carbons (Fsp3) is 0.188. The molecule has 2 aromatic carbocycles. The van der Waals surface area contributed by atoms with Crippen LogP contribution in [0.1, 0.15) is 18.3 Å². The molecular formula is C16H15FN2. The third-order valence-corrected chi connectivity index (χ3v) is 3.30. The van der Waals surface area contributed by atoms with E-state index < -0.39 is 0 Å². The van der Waals surface area contributed by atoms with Crippen LogP contribution in [0, 0.1) is 5.82 Å². The summed E-state index contributed by atoms with van der Waals surface area (Å²) in [7, 11) is 0. The molecule has 0 atom stereocenters. The Labute approximate surface area is 111 Å². The van der Waals surface area contributed by atoms with Gasteiger partial charge in [-0.2, -0.15) is 0 Å². The quantitative estimate of drug-likeness (QED) is 0.695. The van der Waals surface area contributed by atoms with Gasteiger partial charge in [-0.1, -0.05) is 31.2 Å². The molecule has 0 aliphatic heterocycles. The standard InChI is InChI=1S/C16H15FN2/c1-2-16-18-14-5-3-4-6-15(14)19(16)11-12-7-9-13(17)10-8-12/h3-10H,2,11H2,1H3. The number of nitrogens with zero attached hydrogens (tertiary/aromatic N) is 2. The molecule has 0 fully saturated rings. The van der Waals surface area contributed by atoms with Crippen LogP contribution in [0.4, 0.5) is 4.39 Å². The molecule has 0 spiro atoms. The van der Waals surface area contributed by atoms with E-state index in [1.165, 1.54) is 12.1 Å². The molecule has 0 aliphatic carbocycles. The Kier molecular flexibility index (Phi) is 3.03. The Morgan fingerprint density at radius 1 is 1.05 bits per heavy atom. The van der Waals surface area contributed by atoms with E-state index >= 15 is 0 Å². The van der Waals surface area contributed by atoms with Gasteiger partial charge < -0.3 is 4.57 Å². The normalized spacial score (nSPS) is 11.1. The SMILES string of the molecule is CCc1nc2ccccc2n1Cc1ccc(F)cc1. The zero-order valence-electron chi connectivity index (χ0n) is 10.8. The third-order valence-electron chi connectivity index (χ3n) is 3.30. The summed E-state index contributed by atoms with van der Waals surface area (Å²) >= 11 is 0. The molecular weight excluding hydrogens is 239 g/mol. The van der Waals surface area contributed by atoms with Gasteiger partial charge in [0.05, 0.1) is 11.0 Å². The van der Waals surface area contributed by atoms with E-state index in [0.29, 0.717) is 0 Å². The largest absolute Gasteiger partial charge is 0.323 e. The van der Waals surface area contributed by atoms with Crippen LogP contribution in [0.25, 0.3) is 11.0 Å². The Hall–Kier alpha value is -2.16. The lowest BCUT2D eigenvalue weighted by Crippen LogP contribution is -2.04. The van der Waals surface area contributed by atoms with Crippen LogP contribution in [0.3, 0.4) is 0 Å². The van der Waals surface area contributed by atoms with Gasteiger partial charge in [0.25, 0.3) is 0 Å². The van der Waals surface area contributed by atoms with Crippen molar-refractivity contribution in [1.29, 1.82) is 0 Å². The van der Waals surface area contributed by atoms with Crippen LogP contribution in [-0.4, -0.2) is 9.55 Å². The second kappa shape index (κ2) is 4.84. The van der Waals surface area contributed by atoms with Crippen LogP contribution in [0.15, 0.2) is 48.5 Å². The molecule has 3 heteroatoms. The number of imidazole rings is 1. The van der Waals surface area contributed by atoms with Gasteiger partial charge in [0.15, 0.2) is 0 Å². The van der Waals surface area contributed by atoms with E-state index in [1.54, 1.807) is 0 Å². The monoisotopic (exact) mass is 254 g/mol. The smallest absolute Gasteiger partial charge is 0.123 e. The average molecular weight is 254 g/mol. The summed E-state index contributed by atoms with van der Waals surface area (Å²) in [4.78, 5) is 4.63. The van der Waals surface area contributed by atoms with E-state index in [1.807, 2.05) is 30.3 Å². The van der Waals surface area contributed by atoms with Crippen LogP contribution < -0.4 is 0 Å². The first-order chi connectivity index (χ1) is 9.28. The maximum absolute atomic E-state index is 12.9. The Morgan fingerprint density at radius 2 is 1.79 bits per heavy atom. The number of rotatable bonds is 3. The van der Waals surface area contributed by atoms with Gasteiger partial charge in [0.1, 0.15) is 11.6 Å². The van der Waals surface area contributed by atoms with Gasteiger partial charge in [-0.15, -0.1) is 0 Å². The molecule has 1 aromatic heterocycles. The number of para-hydroxylation sites is 2. The molecule has 0 unspecified atom stereocenters. The molecule has 0 saturated carbocycles. The van der Waals surface area contributed by atoms with E-state index in [2.05, 4.69) is 22.5 Å². The van der Waals surface area contributed by atoms with Gasteiger partial charge >= 0.3 is 0 Å². The summed E-state index contributed by atoms with van der Waals surface area (Å²) < 4.78 is 15.1. The second-order valence-corrected chi connectivity index (χ2v) is 4.58. The Balaban J connectivity index is 2.06. The van der Waals surface area contributed by atoms with Crippen LogP contribution >= 0.6 is 0 Å².